The van der Waals surface area contributed by atoms with Crippen LogP contribution in [0, 0.1) is 10.8 Å². The third-order valence-corrected chi connectivity index (χ3v) is 6.96. The predicted octanol–water partition coefficient (Wildman–Crippen LogP) is 3.43. The number of halogens is 2. The van der Waals surface area contributed by atoms with Gasteiger partial charge in [0.25, 0.3) is 0 Å². The minimum Gasteiger partial charge on any atom is -0.453 e. The van der Waals surface area contributed by atoms with E-state index >= 15 is 0 Å². The Balaban J connectivity index is 2.28. The lowest BCUT2D eigenvalue weighted by molar-refractivity contribution is -0.142. The van der Waals surface area contributed by atoms with Gasteiger partial charge >= 0.3 is 6.09 Å². The average molecular weight is 488 g/mol. The molecule has 2 N–H and O–H groups in total. The van der Waals surface area contributed by atoms with E-state index in [9.17, 15) is 28.0 Å². The summed E-state index contributed by atoms with van der Waals surface area (Å²) in [6.07, 6.45) is 4.27. The molecule has 3 atom stereocenters. The molecule has 34 heavy (non-hydrogen) atoms. The Hall–Kier alpha value is -2.26. The Bertz CT molecular complexity index is 757. The number of methoxy groups -OCH3 is 1. The molecule has 0 aromatic rings. The van der Waals surface area contributed by atoms with E-state index in [0.717, 1.165) is 39.0 Å². The number of hydrogen-bond acceptors (Lipinski definition) is 5. The summed E-state index contributed by atoms with van der Waals surface area (Å²) in [5.41, 5.74) is -0.872. The van der Waals surface area contributed by atoms with Crippen LogP contribution in [0.5, 0.6) is 0 Å². The quantitative estimate of drug-likeness (QED) is 0.511. The van der Waals surface area contributed by atoms with Crippen LogP contribution in [-0.2, 0) is 19.1 Å². The topological polar surface area (TPSA) is 105 Å². The number of alkyl carbamates (subject to hydrolysis) is 1. The van der Waals surface area contributed by atoms with E-state index in [-0.39, 0.29) is 11.8 Å². The molecule has 1 aliphatic carbocycles. The van der Waals surface area contributed by atoms with Gasteiger partial charge in [-0.2, -0.15) is 0 Å². The lowest BCUT2D eigenvalue weighted by Gasteiger charge is -2.36. The second-order valence-corrected chi connectivity index (χ2v) is 11.0. The fourth-order valence-electron chi connectivity index (χ4n) is 5.04. The van der Waals surface area contributed by atoms with Crippen LogP contribution >= 0.6 is 0 Å². The van der Waals surface area contributed by atoms with Gasteiger partial charge in [-0.05, 0) is 43.4 Å². The molecule has 0 unspecified atom stereocenters. The molecule has 1 spiro atoms. The molecule has 2 rings (SSSR count). The highest BCUT2D eigenvalue weighted by Gasteiger charge is 2.51. The number of rotatable bonds is 8. The second kappa shape index (κ2) is 11.0. The van der Waals surface area contributed by atoms with Crippen molar-refractivity contribution in [3.05, 3.63) is 0 Å². The minimum atomic E-state index is -2.95. The number of likely N-dealkylation sites (tertiary alicyclic amines) is 1. The molecule has 1 saturated carbocycles. The first-order valence-corrected chi connectivity index (χ1v) is 12.0. The third-order valence-electron chi connectivity index (χ3n) is 6.96. The van der Waals surface area contributed by atoms with E-state index < -0.39 is 53.8 Å². The van der Waals surface area contributed by atoms with Crippen molar-refractivity contribution in [3.63, 3.8) is 0 Å². The summed E-state index contributed by atoms with van der Waals surface area (Å²) in [6.45, 7) is 6.56. The number of alkyl halides is 2. The van der Waals surface area contributed by atoms with Crippen LogP contribution in [0.3, 0.4) is 0 Å². The molecular weight excluding hydrogens is 448 g/mol. The lowest BCUT2D eigenvalue weighted by atomic mass is 9.72. The van der Waals surface area contributed by atoms with Crippen LogP contribution in [0.25, 0.3) is 0 Å². The van der Waals surface area contributed by atoms with Crippen molar-refractivity contribution in [2.45, 2.75) is 103 Å². The predicted molar refractivity (Wildman–Crippen MR) is 122 cm³/mol. The maximum atomic E-state index is 13.7. The zero-order chi connectivity index (χ0) is 25.7. The molecule has 10 heteroatoms. The largest absolute Gasteiger partial charge is 0.453 e. The van der Waals surface area contributed by atoms with Crippen LogP contribution in [0.2, 0.25) is 0 Å². The first-order chi connectivity index (χ1) is 15.7. The summed E-state index contributed by atoms with van der Waals surface area (Å²) in [6, 6.07) is -2.85. The fourth-order valence-corrected chi connectivity index (χ4v) is 5.04. The van der Waals surface area contributed by atoms with Crippen LogP contribution in [0.4, 0.5) is 13.6 Å². The van der Waals surface area contributed by atoms with E-state index in [4.69, 9.17) is 4.74 Å². The van der Waals surface area contributed by atoms with Crippen molar-refractivity contribution in [1.29, 1.82) is 0 Å². The van der Waals surface area contributed by atoms with Gasteiger partial charge in [-0.15, -0.1) is 0 Å². The summed E-state index contributed by atoms with van der Waals surface area (Å²) in [4.78, 5) is 51.9. The van der Waals surface area contributed by atoms with E-state index in [1.807, 2.05) is 0 Å². The van der Waals surface area contributed by atoms with Gasteiger partial charge in [-0.3, -0.25) is 9.59 Å². The van der Waals surface area contributed by atoms with Gasteiger partial charge in [0.1, 0.15) is 18.4 Å². The van der Waals surface area contributed by atoms with Crippen molar-refractivity contribution >= 4 is 24.2 Å². The molecule has 0 aromatic heterocycles. The van der Waals surface area contributed by atoms with Gasteiger partial charge in [0.15, 0.2) is 0 Å². The Morgan fingerprint density at radius 3 is 2.24 bits per heavy atom. The van der Waals surface area contributed by atoms with Crippen LogP contribution < -0.4 is 10.6 Å². The van der Waals surface area contributed by atoms with Gasteiger partial charge in [0, 0.05) is 13.0 Å². The Kier molecular flexibility index (Phi) is 9.04. The summed E-state index contributed by atoms with van der Waals surface area (Å²) >= 11 is 0. The Labute approximate surface area is 200 Å². The number of amides is 3. The van der Waals surface area contributed by atoms with E-state index in [1.165, 1.54) is 12.0 Å². The number of carbonyl (C=O) groups excluding carboxylic acids is 4. The smallest absolute Gasteiger partial charge is 0.407 e. The molecular formula is C24H39F2N3O5. The summed E-state index contributed by atoms with van der Waals surface area (Å²) in [5, 5.41) is 5.17. The van der Waals surface area contributed by atoms with Crippen molar-refractivity contribution in [2.75, 3.05) is 13.7 Å². The number of hydrogen-bond donors (Lipinski definition) is 2. The van der Waals surface area contributed by atoms with Crippen LogP contribution in [-0.4, -0.2) is 66.8 Å². The van der Waals surface area contributed by atoms with Gasteiger partial charge < -0.3 is 25.1 Å². The highest BCUT2D eigenvalue weighted by molar-refractivity contribution is 5.93. The number of ether oxygens (including phenoxy) is 1. The Morgan fingerprint density at radius 1 is 1.12 bits per heavy atom. The first kappa shape index (κ1) is 28.0. The van der Waals surface area contributed by atoms with Crippen molar-refractivity contribution in [1.82, 2.24) is 15.5 Å². The van der Waals surface area contributed by atoms with Crippen LogP contribution in [0.15, 0.2) is 0 Å². The summed E-state index contributed by atoms with van der Waals surface area (Å²) in [5.74, 6) is -3.88. The second-order valence-electron chi connectivity index (χ2n) is 11.0. The number of aldehydes is 1. The van der Waals surface area contributed by atoms with Crippen molar-refractivity contribution < 1.29 is 32.7 Å². The molecule has 1 saturated heterocycles. The van der Waals surface area contributed by atoms with Gasteiger partial charge in [-0.25, -0.2) is 13.6 Å². The number of nitrogens with zero attached hydrogens (tertiary/aromatic N) is 1. The maximum Gasteiger partial charge on any atom is 0.407 e. The highest BCUT2D eigenvalue weighted by atomic mass is 19.3. The van der Waals surface area contributed by atoms with E-state index in [2.05, 4.69) is 10.6 Å². The minimum absolute atomic E-state index is 0.195. The molecule has 1 heterocycles. The maximum absolute atomic E-state index is 13.7. The first-order valence-electron chi connectivity index (χ1n) is 12.0. The van der Waals surface area contributed by atoms with Gasteiger partial charge in [0.2, 0.25) is 17.7 Å². The zero-order valence-electron chi connectivity index (χ0n) is 20.9. The van der Waals surface area contributed by atoms with E-state index in [1.54, 1.807) is 20.8 Å². The molecule has 0 bridgehead atoms. The van der Waals surface area contributed by atoms with Crippen LogP contribution in [0.1, 0.15) is 79.1 Å². The molecule has 3 amide bonds. The van der Waals surface area contributed by atoms with Crippen molar-refractivity contribution in [2.24, 2.45) is 10.8 Å². The molecule has 2 aliphatic rings. The molecule has 1 aliphatic heterocycles. The highest BCUT2D eigenvalue weighted by Crippen LogP contribution is 2.47. The number of nitrogens with one attached hydrogen (secondary N) is 2. The molecule has 8 nitrogen and oxygen atoms in total. The SMILES string of the molecule is COC(=O)N[C@H](C(=O)N1CC2(CCCCC2)C[C@H]1C(=O)N[C@H](C=O)CCC(C)(F)F)C(C)(C)C. The van der Waals surface area contributed by atoms with Crippen molar-refractivity contribution in [3.8, 4) is 0 Å². The monoisotopic (exact) mass is 487 g/mol. The van der Waals surface area contributed by atoms with Gasteiger partial charge in [0.05, 0.1) is 13.2 Å². The normalized spacial score (nSPS) is 22.1. The zero-order valence-corrected chi connectivity index (χ0v) is 20.9. The molecule has 0 radical (unpaired) electrons. The molecule has 2 fully saturated rings. The standard InChI is InChI=1S/C24H39F2N3O5/c1-22(2,3)18(28-21(33)34-5)20(32)29-15-24(10-7-6-8-11-24)13-17(29)19(31)27-16(14-30)9-12-23(4,25)26/h14,16-18H,6-13,15H2,1-5H3,(H,27,31)(H,28,33)/t16-,17-,18+/m0/s1. The molecule has 0 aromatic carbocycles. The summed E-state index contributed by atoms with van der Waals surface area (Å²) in [7, 11) is 1.21. The third kappa shape index (κ3) is 7.37. The Morgan fingerprint density at radius 2 is 1.74 bits per heavy atom. The van der Waals surface area contributed by atoms with E-state index in [0.29, 0.717) is 19.3 Å². The lowest BCUT2D eigenvalue weighted by Crippen LogP contribution is -2.58. The summed E-state index contributed by atoms with van der Waals surface area (Å²) < 4.78 is 31.2. The average Bonchev–Trinajstić information content (AvgIpc) is 3.12. The number of carbonyl (C=O) groups is 4. The van der Waals surface area contributed by atoms with Gasteiger partial charge in [-0.1, -0.05) is 40.0 Å². The molecule has 194 valence electrons. The fraction of sp³-hybridized carbons (Fsp3) is 0.833.